The van der Waals surface area contributed by atoms with Crippen LogP contribution in [0.5, 0.6) is 5.75 Å². The van der Waals surface area contributed by atoms with Crippen LogP contribution in [0.4, 0.5) is 0 Å². The van der Waals surface area contributed by atoms with Crippen molar-refractivity contribution in [2.24, 2.45) is 0 Å². The minimum Gasteiger partial charge on any atom is -0.508 e. The maximum atomic E-state index is 13.0. The number of hydrogen-bond donors (Lipinski definition) is 1. The molecule has 0 aliphatic rings. The summed E-state index contributed by atoms with van der Waals surface area (Å²) in [5.74, 6) is 0.717. The summed E-state index contributed by atoms with van der Waals surface area (Å²) in [5.41, 5.74) is 1.25. The van der Waals surface area contributed by atoms with E-state index in [2.05, 4.69) is 15.9 Å². The summed E-state index contributed by atoms with van der Waals surface area (Å²) < 4.78 is 6.11. The van der Waals surface area contributed by atoms with Crippen LogP contribution in [-0.2, 0) is 13.1 Å². The minimum absolute atomic E-state index is 0.137. The van der Waals surface area contributed by atoms with Crippen LogP contribution in [0.25, 0.3) is 0 Å². The van der Waals surface area contributed by atoms with Crippen LogP contribution in [0, 0.1) is 0 Å². The van der Waals surface area contributed by atoms with Gasteiger partial charge in [0.1, 0.15) is 11.5 Å². The predicted octanol–water partition coefficient (Wildman–Crippen LogP) is 4.59. The Morgan fingerprint density at radius 2 is 1.75 bits per heavy atom. The highest BCUT2D eigenvalue weighted by Crippen LogP contribution is 2.23. The minimum atomic E-state index is -0.137. The number of para-hydroxylation sites is 1. The molecule has 24 heavy (non-hydrogen) atoms. The zero-order chi connectivity index (χ0) is 16.9. The molecule has 5 heteroatoms. The van der Waals surface area contributed by atoms with Gasteiger partial charge in [-0.25, -0.2) is 0 Å². The molecule has 0 radical (unpaired) electrons. The number of aromatic hydroxyl groups is 1. The number of hydrogen-bond acceptors (Lipinski definition) is 3. The van der Waals surface area contributed by atoms with Crippen LogP contribution < -0.4 is 0 Å². The van der Waals surface area contributed by atoms with Crippen LogP contribution in [0.15, 0.2) is 75.8 Å². The molecule has 1 heterocycles. The third-order valence-corrected chi connectivity index (χ3v) is 4.36. The van der Waals surface area contributed by atoms with E-state index in [9.17, 15) is 9.90 Å². The number of amides is 1. The first-order chi connectivity index (χ1) is 11.6. The first kappa shape index (κ1) is 16.3. The Morgan fingerprint density at radius 1 is 1.00 bits per heavy atom. The third kappa shape index (κ3) is 3.68. The van der Waals surface area contributed by atoms with Gasteiger partial charge >= 0.3 is 0 Å². The lowest BCUT2D eigenvalue weighted by Crippen LogP contribution is -2.30. The quantitative estimate of drug-likeness (QED) is 0.698. The molecule has 0 saturated heterocycles. The standard InChI is InChI=1S/C19H16BrNO3/c20-17-9-3-2-8-16(17)19(23)21(13-15-7-5-11-24-15)12-14-6-1-4-10-18(14)22/h1-11,22H,12-13H2. The van der Waals surface area contributed by atoms with E-state index in [1.54, 1.807) is 41.5 Å². The SMILES string of the molecule is O=C(c1ccccc1Br)N(Cc1ccco1)Cc1ccccc1O. The van der Waals surface area contributed by atoms with Crippen LogP contribution >= 0.6 is 15.9 Å². The van der Waals surface area contributed by atoms with Crippen molar-refractivity contribution in [2.75, 3.05) is 0 Å². The smallest absolute Gasteiger partial charge is 0.255 e. The molecule has 0 bridgehead atoms. The van der Waals surface area contributed by atoms with Gasteiger partial charge in [-0.15, -0.1) is 0 Å². The Balaban J connectivity index is 1.91. The normalized spacial score (nSPS) is 10.5. The number of benzene rings is 2. The molecule has 122 valence electrons. The molecule has 0 spiro atoms. The number of carbonyl (C=O) groups excluding carboxylic acids is 1. The molecular formula is C19H16BrNO3. The summed E-state index contributed by atoms with van der Waals surface area (Å²) in [6.45, 7) is 0.606. The molecule has 3 aromatic rings. The van der Waals surface area contributed by atoms with Crippen LogP contribution in [0.1, 0.15) is 21.7 Å². The molecule has 0 aliphatic carbocycles. The molecule has 4 nitrogen and oxygen atoms in total. The van der Waals surface area contributed by atoms with Crippen LogP contribution in [-0.4, -0.2) is 15.9 Å². The highest BCUT2D eigenvalue weighted by molar-refractivity contribution is 9.10. The lowest BCUT2D eigenvalue weighted by atomic mass is 10.1. The first-order valence-corrected chi connectivity index (χ1v) is 8.27. The van der Waals surface area contributed by atoms with Crippen molar-refractivity contribution in [1.29, 1.82) is 0 Å². The highest BCUT2D eigenvalue weighted by Gasteiger charge is 2.20. The average Bonchev–Trinajstić information content (AvgIpc) is 3.09. The summed E-state index contributed by atoms with van der Waals surface area (Å²) in [5, 5.41) is 10.0. The van der Waals surface area contributed by atoms with E-state index in [-0.39, 0.29) is 18.2 Å². The Labute approximate surface area is 148 Å². The van der Waals surface area contributed by atoms with E-state index in [1.165, 1.54) is 0 Å². The lowest BCUT2D eigenvalue weighted by molar-refractivity contribution is 0.0715. The van der Waals surface area contributed by atoms with Crippen LogP contribution in [0.2, 0.25) is 0 Å². The van der Waals surface area contributed by atoms with Gasteiger partial charge in [0.05, 0.1) is 24.9 Å². The fraction of sp³-hybridized carbons (Fsp3) is 0.105. The van der Waals surface area contributed by atoms with Crippen molar-refractivity contribution in [2.45, 2.75) is 13.1 Å². The van der Waals surface area contributed by atoms with Gasteiger partial charge in [0.2, 0.25) is 0 Å². The molecule has 2 aromatic carbocycles. The molecule has 0 aliphatic heterocycles. The summed E-state index contributed by atoms with van der Waals surface area (Å²) in [7, 11) is 0. The monoisotopic (exact) mass is 385 g/mol. The number of carbonyl (C=O) groups is 1. The number of nitrogens with zero attached hydrogens (tertiary/aromatic N) is 1. The molecular weight excluding hydrogens is 370 g/mol. The Hall–Kier alpha value is -2.53. The Kier molecular flexibility index (Phi) is 5.01. The van der Waals surface area contributed by atoms with Gasteiger partial charge < -0.3 is 14.4 Å². The fourth-order valence-corrected chi connectivity index (χ4v) is 2.90. The Morgan fingerprint density at radius 3 is 2.46 bits per heavy atom. The van der Waals surface area contributed by atoms with Gasteiger partial charge in [-0.2, -0.15) is 0 Å². The summed E-state index contributed by atoms with van der Waals surface area (Å²) >= 11 is 3.42. The average molecular weight is 386 g/mol. The third-order valence-electron chi connectivity index (χ3n) is 3.67. The van der Waals surface area contributed by atoms with E-state index in [0.717, 1.165) is 4.47 Å². The number of phenolic OH excluding ortho intramolecular Hbond substituents is 1. The van der Waals surface area contributed by atoms with E-state index >= 15 is 0 Å². The Bertz CT molecular complexity index is 830. The van der Waals surface area contributed by atoms with E-state index < -0.39 is 0 Å². The number of rotatable bonds is 5. The molecule has 1 aromatic heterocycles. The second kappa shape index (κ2) is 7.36. The van der Waals surface area contributed by atoms with Gasteiger partial charge in [-0.05, 0) is 46.3 Å². The van der Waals surface area contributed by atoms with Gasteiger partial charge in [0, 0.05) is 10.0 Å². The zero-order valence-electron chi connectivity index (χ0n) is 12.9. The molecule has 1 amide bonds. The molecule has 3 rings (SSSR count). The van der Waals surface area contributed by atoms with Gasteiger partial charge in [-0.1, -0.05) is 30.3 Å². The zero-order valence-corrected chi connectivity index (χ0v) is 14.4. The topological polar surface area (TPSA) is 53.7 Å². The summed E-state index contributed by atoms with van der Waals surface area (Å²) in [6, 6.07) is 17.9. The summed E-state index contributed by atoms with van der Waals surface area (Å²) in [6.07, 6.45) is 1.58. The van der Waals surface area contributed by atoms with Crippen molar-refractivity contribution >= 4 is 21.8 Å². The first-order valence-electron chi connectivity index (χ1n) is 7.48. The largest absolute Gasteiger partial charge is 0.508 e. The molecule has 0 saturated carbocycles. The second-order valence-corrected chi connectivity index (χ2v) is 6.20. The maximum absolute atomic E-state index is 13.0. The number of halogens is 1. The van der Waals surface area contributed by atoms with Crippen molar-refractivity contribution in [1.82, 2.24) is 4.90 Å². The van der Waals surface area contributed by atoms with E-state index in [0.29, 0.717) is 23.4 Å². The molecule has 1 N–H and O–H groups in total. The lowest BCUT2D eigenvalue weighted by Gasteiger charge is -2.23. The molecule has 0 atom stereocenters. The van der Waals surface area contributed by atoms with Crippen molar-refractivity contribution in [3.8, 4) is 5.75 Å². The molecule has 0 unspecified atom stereocenters. The van der Waals surface area contributed by atoms with Gasteiger partial charge in [-0.3, -0.25) is 4.79 Å². The summed E-state index contributed by atoms with van der Waals surface area (Å²) in [4.78, 5) is 14.6. The van der Waals surface area contributed by atoms with Gasteiger partial charge in [0.25, 0.3) is 5.91 Å². The number of phenols is 1. The van der Waals surface area contributed by atoms with E-state index in [4.69, 9.17) is 4.42 Å². The van der Waals surface area contributed by atoms with Gasteiger partial charge in [0.15, 0.2) is 0 Å². The number of furan rings is 1. The second-order valence-electron chi connectivity index (χ2n) is 5.35. The van der Waals surface area contributed by atoms with Crippen molar-refractivity contribution in [3.05, 3.63) is 88.3 Å². The predicted molar refractivity (Wildman–Crippen MR) is 94.5 cm³/mol. The van der Waals surface area contributed by atoms with E-state index in [1.807, 2.05) is 30.3 Å². The van der Waals surface area contributed by atoms with Crippen LogP contribution in [0.3, 0.4) is 0 Å². The fourth-order valence-electron chi connectivity index (χ4n) is 2.45. The van der Waals surface area contributed by atoms with Crippen molar-refractivity contribution in [3.63, 3.8) is 0 Å². The van der Waals surface area contributed by atoms with Crippen molar-refractivity contribution < 1.29 is 14.3 Å². The molecule has 0 fully saturated rings. The maximum Gasteiger partial charge on any atom is 0.255 e. The highest BCUT2D eigenvalue weighted by atomic mass is 79.9.